The SMILES string of the molecule is Cc1ccc2ncnc(NC(CO)C(=O)O)c2c1.Cl. The van der Waals surface area contributed by atoms with Crippen molar-refractivity contribution in [2.45, 2.75) is 13.0 Å². The van der Waals surface area contributed by atoms with Crippen molar-refractivity contribution < 1.29 is 15.0 Å². The maximum Gasteiger partial charge on any atom is 0.328 e. The zero-order valence-electron chi connectivity index (χ0n) is 10.2. The molecule has 7 heteroatoms. The van der Waals surface area contributed by atoms with Gasteiger partial charge in [-0.15, -0.1) is 12.4 Å². The number of aliphatic hydroxyl groups excluding tert-OH is 1. The zero-order valence-corrected chi connectivity index (χ0v) is 11.0. The minimum absolute atomic E-state index is 0. The van der Waals surface area contributed by atoms with Gasteiger partial charge in [0.1, 0.15) is 18.2 Å². The van der Waals surface area contributed by atoms with Gasteiger partial charge in [-0.1, -0.05) is 11.6 Å². The van der Waals surface area contributed by atoms with Crippen molar-refractivity contribution in [3.05, 3.63) is 30.1 Å². The number of carbonyl (C=O) groups is 1. The minimum Gasteiger partial charge on any atom is -0.480 e. The van der Waals surface area contributed by atoms with E-state index in [0.717, 1.165) is 16.5 Å². The Bertz CT molecular complexity index is 591. The molecule has 19 heavy (non-hydrogen) atoms. The van der Waals surface area contributed by atoms with Crippen LogP contribution in [-0.4, -0.2) is 38.8 Å². The summed E-state index contributed by atoms with van der Waals surface area (Å²) in [5.41, 5.74) is 1.75. The summed E-state index contributed by atoms with van der Waals surface area (Å²) in [5, 5.41) is 21.3. The first kappa shape index (κ1) is 15.1. The van der Waals surface area contributed by atoms with Gasteiger partial charge in [0, 0.05) is 5.39 Å². The molecule has 2 rings (SSSR count). The fourth-order valence-corrected chi connectivity index (χ4v) is 1.64. The Morgan fingerprint density at radius 2 is 2.16 bits per heavy atom. The van der Waals surface area contributed by atoms with Crippen LogP contribution in [0.2, 0.25) is 0 Å². The third kappa shape index (κ3) is 3.30. The van der Waals surface area contributed by atoms with Crippen LogP contribution in [0.5, 0.6) is 0 Å². The van der Waals surface area contributed by atoms with Crippen molar-refractivity contribution >= 4 is 35.1 Å². The number of hydrogen-bond donors (Lipinski definition) is 3. The topological polar surface area (TPSA) is 95.3 Å². The molecule has 0 fully saturated rings. The van der Waals surface area contributed by atoms with Gasteiger partial charge < -0.3 is 15.5 Å². The number of benzene rings is 1. The lowest BCUT2D eigenvalue weighted by Gasteiger charge is -2.13. The Kier molecular flexibility index (Phi) is 5.02. The molecule has 2 aromatic rings. The van der Waals surface area contributed by atoms with Crippen LogP contribution in [0, 0.1) is 6.92 Å². The van der Waals surface area contributed by atoms with E-state index in [1.807, 2.05) is 25.1 Å². The Labute approximate surface area is 115 Å². The normalized spacial score (nSPS) is 11.7. The molecule has 1 atom stereocenters. The van der Waals surface area contributed by atoms with Crippen molar-refractivity contribution in [3.63, 3.8) is 0 Å². The van der Waals surface area contributed by atoms with Crippen molar-refractivity contribution in [2.75, 3.05) is 11.9 Å². The number of aryl methyl sites for hydroxylation is 1. The van der Waals surface area contributed by atoms with E-state index in [1.165, 1.54) is 6.33 Å². The standard InChI is InChI=1S/C12H13N3O3.ClH/c1-7-2-3-9-8(4-7)11(14-6-13-9)15-10(5-16)12(17)18;/h2-4,6,10,16H,5H2,1H3,(H,17,18)(H,13,14,15);1H. The number of aliphatic hydroxyl groups is 1. The number of fused-ring (bicyclic) bond motifs is 1. The van der Waals surface area contributed by atoms with Crippen LogP contribution in [0.1, 0.15) is 5.56 Å². The molecule has 0 aliphatic carbocycles. The average molecular weight is 284 g/mol. The van der Waals surface area contributed by atoms with Gasteiger partial charge in [-0.05, 0) is 19.1 Å². The molecule has 0 bridgehead atoms. The van der Waals surface area contributed by atoms with Gasteiger partial charge in [0.2, 0.25) is 0 Å². The summed E-state index contributed by atoms with van der Waals surface area (Å²) in [5.74, 6) is -0.720. The van der Waals surface area contributed by atoms with Crippen molar-refractivity contribution in [1.82, 2.24) is 9.97 Å². The Balaban J connectivity index is 0.00000180. The van der Waals surface area contributed by atoms with Gasteiger partial charge in [0.25, 0.3) is 0 Å². The maximum atomic E-state index is 10.9. The highest BCUT2D eigenvalue weighted by Gasteiger charge is 2.17. The third-order valence-corrected chi connectivity index (χ3v) is 2.58. The highest BCUT2D eigenvalue weighted by atomic mass is 35.5. The predicted octanol–water partition coefficient (Wildman–Crippen LogP) is 1.22. The van der Waals surface area contributed by atoms with Crippen LogP contribution >= 0.6 is 12.4 Å². The second-order valence-electron chi connectivity index (χ2n) is 3.96. The summed E-state index contributed by atoms with van der Waals surface area (Å²) >= 11 is 0. The van der Waals surface area contributed by atoms with Crippen LogP contribution in [0.3, 0.4) is 0 Å². The summed E-state index contributed by atoms with van der Waals surface area (Å²) in [6.45, 7) is 1.42. The summed E-state index contributed by atoms with van der Waals surface area (Å²) in [7, 11) is 0. The van der Waals surface area contributed by atoms with Gasteiger partial charge >= 0.3 is 5.97 Å². The number of anilines is 1. The predicted molar refractivity (Wildman–Crippen MR) is 73.7 cm³/mol. The van der Waals surface area contributed by atoms with E-state index in [9.17, 15) is 4.79 Å². The monoisotopic (exact) mass is 283 g/mol. The Hall–Kier alpha value is -1.92. The highest BCUT2D eigenvalue weighted by molar-refractivity contribution is 5.91. The van der Waals surface area contributed by atoms with Crippen LogP contribution in [0.25, 0.3) is 10.9 Å². The molecule has 1 heterocycles. The van der Waals surface area contributed by atoms with Crippen LogP contribution in [-0.2, 0) is 4.79 Å². The van der Waals surface area contributed by atoms with Gasteiger partial charge in [-0.25, -0.2) is 14.8 Å². The van der Waals surface area contributed by atoms with E-state index in [4.69, 9.17) is 10.2 Å². The lowest BCUT2D eigenvalue weighted by Crippen LogP contribution is -2.33. The molecule has 0 spiro atoms. The summed E-state index contributed by atoms with van der Waals surface area (Å²) < 4.78 is 0. The zero-order chi connectivity index (χ0) is 13.1. The number of rotatable bonds is 4. The van der Waals surface area contributed by atoms with Gasteiger partial charge in [-0.2, -0.15) is 0 Å². The van der Waals surface area contributed by atoms with Crippen molar-refractivity contribution in [3.8, 4) is 0 Å². The third-order valence-electron chi connectivity index (χ3n) is 2.58. The van der Waals surface area contributed by atoms with E-state index >= 15 is 0 Å². The smallest absolute Gasteiger partial charge is 0.328 e. The van der Waals surface area contributed by atoms with Gasteiger partial charge in [-0.3, -0.25) is 0 Å². The molecule has 0 saturated carbocycles. The van der Waals surface area contributed by atoms with Gasteiger partial charge in [0.15, 0.2) is 0 Å². The summed E-state index contributed by atoms with van der Waals surface area (Å²) in [6.07, 6.45) is 1.36. The quantitative estimate of drug-likeness (QED) is 0.781. The van der Waals surface area contributed by atoms with E-state index in [2.05, 4.69) is 15.3 Å². The Morgan fingerprint density at radius 3 is 2.79 bits per heavy atom. The number of aliphatic carboxylic acids is 1. The van der Waals surface area contributed by atoms with E-state index in [0.29, 0.717) is 5.82 Å². The first-order valence-corrected chi connectivity index (χ1v) is 5.43. The first-order valence-electron chi connectivity index (χ1n) is 5.43. The van der Waals surface area contributed by atoms with Crippen molar-refractivity contribution in [1.29, 1.82) is 0 Å². The lowest BCUT2D eigenvalue weighted by atomic mass is 10.1. The van der Waals surface area contributed by atoms with E-state index in [1.54, 1.807) is 0 Å². The largest absolute Gasteiger partial charge is 0.480 e. The lowest BCUT2D eigenvalue weighted by molar-refractivity contribution is -0.138. The molecule has 102 valence electrons. The van der Waals surface area contributed by atoms with E-state index < -0.39 is 18.6 Å². The fraction of sp³-hybridized carbons (Fsp3) is 0.250. The molecule has 3 N–H and O–H groups in total. The molecule has 0 saturated heterocycles. The summed E-state index contributed by atoms with van der Waals surface area (Å²) in [4.78, 5) is 19.0. The highest BCUT2D eigenvalue weighted by Crippen LogP contribution is 2.20. The number of nitrogens with zero attached hydrogens (tertiary/aromatic N) is 2. The number of carboxylic acid groups (broad SMARTS) is 1. The van der Waals surface area contributed by atoms with Gasteiger partial charge in [0.05, 0.1) is 12.1 Å². The number of carboxylic acids is 1. The molecule has 6 nitrogen and oxygen atoms in total. The minimum atomic E-state index is -1.13. The molecule has 1 aromatic carbocycles. The average Bonchev–Trinajstić information content (AvgIpc) is 2.35. The molecule has 0 aliphatic heterocycles. The Morgan fingerprint density at radius 1 is 1.42 bits per heavy atom. The first-order chi connectivity index (χ1) is 8.61. The second-order valence-corrected chi connectivity index (χ2v) is 3.96. The van der Waals surface area contributed by atoms with Crippen LogP contribution < -0.4 is 5.32 Å². The maximum absolute atomic E-state index is 10.9. The summed E-state index contributed by atoms with van der Waals surface area (Å²) in [6, 6.07) is 4.55. The number of halogens is 1. The molecule has 1 unspecified atom stereocenters. The second kappa shape index (κ2) is 6.31. The van der Waals surface area contributed by atoms with Crippen LogP contribution in [0.4, 0.5) is 5.82 Å². The van der Waals surface area contributed by atoms with Crippen molar-refractivity contribution in [2.24, 2.45) is 0 Å². The number of aromatic nitrogens is 2. The fourth-order valence-electron chi connectivity index (χ4n) is 1.64. The van der Waals surface area contributed by atoms with E-state index in [-0.39, 0.29) is 12.4 Å². The molecule has 1 aromatic heterocycles. The molecule has 0 aliphatic rings. The molecular weight excluding hydrogens is 270 g/mol. The molecule has 0 amide bonds. The number of hydrogen-bond acceptors (Lipinski definition) is 5. The molecular formula is C12H14ClN3O3. The van der Waals surface area contributed by atoms with Crippen LogP contribution in [0.15, 0.2) is 24.5 Å². The molecule has 0 radical (unpaired) electrons. The number of nitrogens with one attached hydrogen (secondary N) is 1.